The van der Waals surface area contributed by atoms with Crippen molar-refractivity contribution in [3.63, 3.8) is 0 Å². The van der Waals surface area contributed by atoms with Gasteiger partial charge in [0, 0.05) is 11.6 Å². The van der Waals surface area contributed by atoms with Crippen molar-refractivity contribution in [3.05, 3.63) is 0 Å². The van der Waals surface area contributed by atoms with Gasteiger partial charge in [-0.05, 0) is 80.2 Å². The maximum absolute atomic E-state index is 12.0. The molecule has 1 unspecified atom stereocenters. The Balaban J connectivity index is 2.15. The molecule has 0 aromatic carbocycles. The lowest BCUT2D eigenvalue weighted by Crippen LogP contribution is -2.45. The number of ether oxygens (including phenoxy) is 1. The van der Waals surface area contributed by atoms with Gasteiger partial charge in [0.2, 0.25) is 5.91 Å². The average molecular weight is 313 g/mol. The lowest BCUT2D eigenvalue weighted by atomic mass is 9.98. The molecule has 1 atom stereocenters. The van der Waals surface area contributed by atoms with Crippen LogP contribution < -0.4 is 5.32 Å². The molecule has 22 heavy (non-hydrogen) atoms. The third kappa shape index (κ3) is 8.11. The highest BCUT2D eigenvalue weighted by Gasteiger charge is 2.21. The standard InChI is InChI=1S/C17H35N3O2/c1-15(20-11-6-7-12-20)13-22-14-16(21)18-17(2,3)9-8-10-19(4)5/h15H,6-14H2,1-5H3,(H,18,21). The summed E-state index contributed by atoms with van der Waals surface area (Å²) in [5.41, 5.74) is -0.170. The van der Waals surface area contributed by atoms with Crippen molar-refractivity contribution in [2.24, 2.45) is 0 Å². The third-order valence-corrected chi connectivity index (χ3v) is 4.24. The molecule has 0 bridgehead atoms. The number of hydrogen-bond acceptors (Lipinski definition) is 4. The van der Waals surface area contributed by atoms with E-state index >= 15 is 0 Å². The summed E-state index contributed by atoms with van der Waals surface area (Å²) in [6.07, 6.45) is 4.62. The van der Waals surface area contributed by atoms with Gasteiger partial charge in [-0.1, -0.05) is 0 Å². The molecular weight excluding hydrogens is 278 g/mol. The molecule has 5 heteroatoms. The normalized spacial score (nSPS) is 17.9. The topological polar surface area (TPSA) is 44.8 Å². The van der Waals surface area contributed by atoms with Gasteiger partial charge >= 0.3 is 0 Å². The Morgan fingerprint density at radius 2 is 1.95 bits per heavy atom. The molecule has 0 aromatic heterocycles. The summed E-state index contributed by atoms with van der Waals surface area (Å²) < 4.78 is 5.60. The van der Waals surface area contributed by atoms with Crippen molar-refractivity contribution in [2.45, 2.75) is 58.0 Å². The molecule has 1 aliphatic rings. The minimum Gasteiger partial charge on any atom is -0.370 e. The van der Waals surface area contributed by atoms with Crippen LogP contribution >= 0.6 is 0 Å². The van der Waals surface area contributed by atoms with Gasteiger partial charge in [-0.2, -0.15) is 0 Å². The zero-order chi connectivity index (χ0) is 16.6. The zero-order valence-electron chi connectivity index (χ0n) is 15.2. The summed E-state index contributed by atoms with van der Waals surface area (Å²) in [6, 6.07) is 0.406. The Morgan fingerprint density at radius 3 is 2.55 bits per heavy atom. The van der Waals surface area contributed by atoms with Gasteiger partial charge in [0.25, 0.3) is 0 Å². The largest absolute Gasteiger partial charge is 0.370 e. The molecule has 0 saturated carbocycles. The predicted molar refractivity (Wildman–Crippen MR) is 91.1 cm³/mol. The Labute approximate surface area is 136 Å². The van der Waals surface area contributed by atoms with E-state index in [9.17, 15) is 4.79 Å². The maximum atomic E-state index is 12.0. The SMILES string of the molecule is CC(COCC(=O)NC(C)(C)CCCN(C)C)N1CCCC1. The first-order valence-corrected chi connectivity index (χ1v) is 8.58. The van der Waals surface area contributed by atoms with Crippen LogP contribution in [0.2, 0.25) is 0 Å². The monoisotopic (exact) mass is 313 g/mol. The predicted octanol–water partition coefficient (Wildman–Crippen LogP) is 1.72. The van der Waals surface area contributed by atoms with E-state index in [2.05, 4.69) is 50.0 Å². The van der Waals surface area contributed by atoms with E-state index in [0.717, 1.165) is 32.5 Å². The van der Waals surface area contributed by atoms with Gasteiger partial charge in [0.1, 0.15) is 6.61 Å². The lowest BCUT2D eigenvalue weighted by molar-refractivity contribution is -0.127. The fourth-order valence-corrected chi connectivity index (χ4v) is 2.92. The van der Waals surface area contributed by atoms with E-state index in [1.807, 2.05) is 0 Å². The quantitative estimate of drug-likeness (QED) is 0.667. The van der Waals surface area contributed by atoms with E-state index in [1.165, 1.54) is 12.8 Å². The van der Waals surface area contributed by atoms with Crippen LogP contribution in [0.25, 0.3) is 0 Å². The van der Waals surface area contributed by atoms with Gasteiger partial charge in [-0.15, -0.1) is 0 Å². The number of nitrogens with zero attached hydrogens (tertiary/aromatic N) is 2. The summed E-state index contributed by atoms with van der Waals surface area (Å²) in [4.78, 5) is 16.6. The van der Waals surface area contributed by atoms with Crippen molar-refractivity contribution >= 4 is 5.91 Å². The number of rotatable bonds is 10. The van der Waals surface area contributed by atoms with Gasteiger partial charge in [-0.3, -0.25) is 9.69 Å². The Bertz CT molecular complexity index is 326. The van der Waals surface area contributed by atoms with Gasteiger partial charge in [0.05, 0.1) is 6.61 Å². The Morgan fingerprint density at radius 1 is 1.32 bits per heavy atom. The molecule has 1 N–H and O–H groups in total. The molecule has 1 rings (SSSR count). The summed E-state index contributed by atoms with van der Waals surface area (Å²) in [5, 5.41) is 3.08. The Hall–Kier alpha value is -0.650. The number of nitrogens with one attached hydrogen (secondary N) is 1. The third-order valence-electron chi connectivity index (χ3n) is 4.24. The first-order chi connectivity index (χ1) is 10.3. The lowest BCUT2D eigenvalue weighted by Gasteiger charge is -2.27. The highest BCUT2D eigenvalue weighted by atomic mass is 16.5. The van der Waals surface area contributed by atoms with Crippen molar-refractivity contribution < 1.29 is 9.53 Å². The molecule has 0 spiro atoms. The van der Waals surface area contributed by atoms with E-state index in [1.54, 1.807) is 0 Å². The second kappa shape index (κ2) is 9.48. The van der Waals surface area contributed by atoms with Gasteiger partial charge in [0.15, 0.2) is 0 Å². The van der Waals surface area contributed by atoms with Gasteiger partial charge in [-0.25, -0.2) is 0 Å². The van der Waals surface area contributed by atoms with Crippen LogP contribution in [0, 0.1) is 0 Å². The van der Waals surface area contributed by atoms with Crippen LogP contribution in [-0.2, 0) is 9.53 Å². The fourth-order valence-electron chi connectivity index (χ4n) is 2.92. The van der Waals surface area contributed by atoms with Crippen LogP contribution in [-0.4, -0.2) is 74.2 Å². The van der Waals surface area contributed by atoms with Gasteiger partial charge < -0.3 is 15.0 Å². The Kier molecular flexibility index (Phi) is 8.36. The number of carbonyl (C=O) groups excluding carboxylic acids is 1. The number of likely N-dealkylation sites (tertiary alicyclic amines) is 1. The summed E-state index contributed by atoms with van der Waals surface area (Å²) in [6.45, 7) is 10.5. The molecule has 0 aromatic rings. The highest BCUT2D eigenvalue weighted by molar-refractivity contribution is 5.77. The molecule has 0 aliphatic carbocycles. The first-order valence-electron chi connectivity index (χ1n) is 8.58. The molecule has 5 nitrogen and oxygen atoms in total. The minimum atomic E-state index is -0.170. The molecule has 1 amide bonds. The average Bonchev–Trinajstić information content (AvgIpc) is 2.90. The van der Waals surface area contributed by atoms with Crippen LogP contribution in [0.15, 0.2) is 0 Å². The highest BCUT2D eigenvalue weighted by Crippen LogP contribution is 2.12. The smallest absolute Gasteiger partial charge is 0.246 e. The van der Waals surface area contributed by atoms with Crippen molar-refractivity contribution in [1.29, 1.82) is 0 Å². The van der Waals surface area contributed by atoms with Crippen molar-refractivity contribution in [1.82, 2.24) is 15.1 Å². The second-order valence-corrected chi connectivity index (χ2v) is 7.45. The molecule has 1 saturated heterocycles. The summed E-state index contributed by atoms with van der Waals surface area (Å²) in [7, 11) is 4.14. The van der Waals surface area contributed by atoms with Crippen LogP contribution in [0.1, 0.15) is 46.5 Å². The second-order valence-electron chi connectivity index (χ2n) is 7.45. The van der Waals surface area contributed by atoms with E-state index in [0.29, 0.717) is 12.6 Å². The molecular formula is C17H35N3O2. The van der Waals surface area contributed by atoms with Crippen LogP contribution in [0.5, 0.6) is 0 Å². The van der Waals surface area contributed by atoms with Crippen LogP contribution in [0.4, 0.5) is 0 Å². The first kappa shape index (κ1) is 19.4. The minimum absolute atomic E-state index is 0.0107. The maximum Gasteiger partial charge on any atom is 0.246 e. The number of amides is 1. The number of carbonyl (C=O) groups is 1. The van der Waals surface area contributed by atoms with E-state index < -0.39 is 0 Å². The molecule has 1 fully saturated rings. The van der Waals surface area contributed by atoms with Crippen LogP contribution in [0.3, 0.4) is 0 Å². The van der Waals surface area contributed by atoms with E-state index in [4.69, 9.17) is 4.74 Å². The summed E-state index contributed by atoms with van der Waals surface area (Å²) in [5.74, 6) is -0.0107. The van der Waals surface area contributed by atoms with E-state index in [-0.39, 0.29) is 18.1 Å². The molecule has 0 radical (unpaired) electrons. The number of hydrogen-bond donors (Lipinski definition) is 1. The molecule has 130 valence electrons. The molecule has 1 heterocycles. The van der Waals surface area contributed by atoms with Crippen molar-refractivity contribution in [2.75, 3.05) is 46.9 Å². The summed E-state index contributed by atoms with van der Waals surface area (Å²) >= 11 is 0. The fraction of sp³-hybridized carbons (Fsp3) is 0.941. The van der Waals surface area contributed by atoms with Crippen molar-refractivity contribution in [3.8, 4) is 0 Å². The molecule has 1 aliphatic heterocycles. The zero-order valence-corrected chi connectivity index (χ0v) is 15.2.